The molecule has 0 saturated heterocycles. The summed E-state index contributed by atoms with van der Waals surface area (Å²) in [5.41, 5.74) is 3.18. The summed E-state index contributed by atoms with van der Waals surface area (Å²) in [6.07, 6.45) is 0. The van der Waals surface area contributed by atoms with Gasteiger partial charge in [-0.15, -0.1) is 0 Å². The number of nitrogens with one attached hydrogen (secondary N) is 1. The molecule has 0 unspecified atom stereocenters. The molecule has 0 aliphatic rings. The molecule has 4 aromatic rings. The summed E-state index contributed by atoms with van der Waals surface area (Å²) >= 11 is 12.1. The molecule has 4 heteroatoms. The fourth-order valence-corrected chi connectivity index (χ4v) is 3.49. The number of anilines is 1. The maximum atomic E-state index is 6.17. The van der Waals surface area contributed by atoms with Crippen molar-refractivity contribution in [3.8, 4) is 5.75 Å². The van der Waals surface area contributed by atoms with Crippen LogP contribution in [0.2, 0.25) is 10.0 Å². The van der Waals surface area contributed by atoms with Crippen molar-refractivity contribution >= 4 is 39.7 Å². The lowest BCUT2D eigenvalue weighted by Crippen LogP contribution is -2.04. The Kier molecular flexibility index (Phi) is 5.70. The molecule has 0 bridgehead atoms. The van der Waals surface area contributed by atoms with E-state index in [2.05, 4.69) is 41.7 Å². The van der Waals surface area contributed by atoms with Gasteiger partial charge in [0.2, 0.25) is 0 Å². The zero-order valence-electron chi connectivity index (χ0n) is 15.2. The van der Waals surface area contributed by atoms with Crippen molar-refractivity contribution in [3.63, 3.8) is 0 Å². The Morgan fingerprint density at radius 3 is 2.36 bits per heavy atom. The number of hydrogen-bond donors (Lipinski definition) is 1. The molecule has 2 nitrogen and oxygen atoms in total. The summed E-state index contributed by atoms with van der Waals surface area (Å²) in [6, 6.07) is 28.2. The molecule has 0 heterocycles. The first kappa shape index (κ1) is 18.7. The van der Waals surface area contributed by atoms with Crippen LogP contribution in [0.3, 0.4) is 0 Å². The van der Waals surface area contributed by atoms with Crippen molar-refractivity contribution in [2.24, 2.45) is 0 Å². The van der Waals surface area contributed by atoms with Gasteiger partial charge >= 0.3 is 0 Å². The number of benzene rings is 4. The van der Waals surface area contributed by atoms with E-state index in [-0.39, 0.29) is 0 Å². The van der Waals surface area contributed by atoms with Crippen LogP contribution in [0, 0.1) is 0 Å². The number of ether oxygens (including phenoxy) is 1. The highest BCUT2D eigenvalue weighted by Gasteiger charge is 2.10. The van der Waals surface area contributed by atoms with Crippen molar-refractivity contribution in [1.29, 1.82) is 0 Å². The van der Waals surface area contributed by atoms with Gasteiger partial charge in [0.1, 0.15) is 12.4 Å². The van der Waals surface area contributed by atoms with Crippen LogP contribution in [-0.2, 0) is 13.2 Å². The number of para-hydroxylation sites is 1. The van der Waals surface area contributed by atoms with Gasteiger partial charge in [0.25, 0.3) is 0 Å². The minimum Gasteiger partial charge on any atom is -0.489 e. The van der Waals surface area contributed by atoms with Crippen LogP contribution in [0.1, 0.15) is 11.1 Å². The molecule has 28 heavy (non-hydrogen) atoms. The first-order valence-corrected chi connectivity index (χ1v) is 9.82. The maximum absolute atomic E-state index is 6.17. The molecule has 0 amide bonds. The lowest BCUT2D eigenvalue weighted by Gasteiger charge is -2.16. The number of halogens is 2. The van der Waals surface area contributed by atoms with Gasteiger partial charge in [0.05, 0.1) is 10.0 Å². The third kappa shape index (κ3) is 4.24. The van der Waals surface area contributed by atoms with E-state index in [0.29, 0.717) is 23.2 Å². The van der Waals surface area contributed by atoms with Gasteiger partial charge in [-0.05, 0) is 46.7 Å². The van der Waals surface area contributed by atoms with Crippen LogP contribution in [0.4, 0.5) is 5.69 Å². The Hall–Kier alpha value is -2.68. The smallest absolute Gasteiger partial charge is 0.125 e. The molecule has 0 spiro atoms. The van der Waals surface area contributed by atoms with Crippen LogP contribution < -0.4 is 10.1 Å². The molecule has 0 radical (unpaired) electrons. The lowest BCUT2D eigenvalue weighted by atomic mass is 10.0. The first-order chi connectivity index (χ1) is 13.7. The lowest BCUT2D eigenvalue weighted by molar-refractivity contribution is 0.304. The summed E-state index contributed by atoms with van der Waals surface area (Å²) in [5, 5.41) is 6.94. The fraction of sp³-hybridized carbons (Fsp3) is 0.0833. The standard InChI is InChI=1S/C24H19Cl2NO/c25-22-12-10-17(14-23(22)26)16-28-24-13-11-18-6-4-5-9-20(18)21(24)15-27-19-7-2-1-3-8-19/h1-14,27H,15-16H2. The van der Waals surface area contributed by atoms with Gasteiger partial charge in [-0.3, -0.25) is 0 Å². The highest BCUT2D eigenvalue weighted by atomic mass is 35.5. The number of rotatable bonds is 6. The second kappa shape index (κ2) is 8.55. The van der Waals surface area contributed by atoms with Crippen LogP contribution >= 0.6 is 23.2 Å². The zero-order chi connectivity index (χ0) is 19.3. The largest absolute Gasteiger partial charge is 0.489 e. The summed E-state index contributed by atoms with van der Waals surface area (Å²) in [5.74, 6) is 0.855. The number of fused-ring (bicyclic) bond motifs is 1. The zero-order valence-corrected chi connectivity index (χ0v) is 16.7. The quantitative estimate of drug-likeness (QED) is 0.360. The second-order valence-corrected chi connectivity index (χ2v) is 7.33. The van der Waals surface area contributed by atoms with E-state index in [0.717, 1.165) is 22.6 Å². The molecule has 1 N–H and O–H groups in total. The van der Waals surface area contributed by atoms with Gasteiger partial charge in [0, 0.05) is 17.8 Å². The van der Waals surface area contributed by atoms with Gasteiger partial charge in [-0.2, -0.15) is 0 Å². The van der Waals surface area contributed by atoms with E-state index in [1.54, 1.807) is 6.07 Å². The van der Waals surface area contributed by atoms with Crippen molar-refractivity contribution < 1.29 is 4.74 Å². The van der Waals surface area contributed by atoms with E-state index < -0.39 is 0 Å². The summed E-state index contributed by atoms with van der Waals surface area (Å²) in [4.78, 5) is 0. The molecule has 4 rings (SSSR count). The topological polar surface area (TPSA) is 21.3 Å². The van der Waals surface area contributed by atoms with E-state index >= 15 is 0 Å². The summed E-state index contributed by atoms with van der Waals surface area (Å²) in [7, 11) is 0. The fourth-order valence-electron chi connectivity index (χ4n) is 3.17. The molecule has 0 fully saturated rings. The van der Waals surface area contributed by atoms with E-state index in [1.807, 2.05) is 42.5 Å². The monoisotopic (exact) mass is 407 g/mol. The molecule has 140 valence electrons. The average Bonchev–Trinajstić information content (AvgIpc) is 2.74. The van der Waals surface area contributed by atoms with Crippen molar-refractivity contribution in [3.05, 3.63) is 106 Å². The van der Waals surface area contributed by atoms with Gasteiger partial charge < -0.3 is 10.1 Å². The van der Waals surface area contributed by atoms with E-state index in [1.165, 1.54) is 10.8 Å². The van der Waals surface area contributed by atoms with E-state index in [4.69, 9.17) is 27.9 Å². The average molecular weight is 408 g/mol. The molecule has 4 aromatic carbocycles. The third-order valence-corrected chi connectivity index (χ3v) is 5.36. The minimum absolute atomic E-state index is 0.424. The molecule has 0 saturated carbocycles. The van der Waals surface area contributed by atoms with E-state index in [9.17, 15) is 0 Å². The molecular formula is C24H19Cl2NO. The highest BCUT2D eigenvalue weighted by Crippen LogP contribution is 2.30. The Labute approximate surface area is 174 Å². The third-order valence-electron chi connectivity index (χ3n) is 4.62. The molecular weight excluding hydrogens is 389 g/mol. The Morgan fingerprint density at radius 1 is 0.750 bits per heavy atom. The van der Waals surface area contributed by atoms with Crippen molar-refractivity contribution in [2.75, 3.05) is 5.32 Å². The molecule has 0 aliphatic heterocycles. The van der Waals surface area contributed by atoms with Crippen molar-refractivity contribution in [1.82, 2.24) is 0 Å². The SMILES string of the molecule is Clc1ccc(COc2ccc3ccccc3c2CNc2ccccc2)cc1Cl. The second-order valence-electron chi connectivity index (χ2n) is 6.52. The van der Waals surface area contributed by atoms with Crippen LogP contribution in [0.25, 0.3) is 10.8 Å². The van der Waals surface area contributed by atoms with Crippen LogP contribution in [0.5, 0.6) is 5.75 Å². The maximum Gasteiger partial charge on any atom is 0.125 e. The van der Waals surface area contributed by atoms with Gasteiger partial charge in [-0.25, -0.2) is 0 Å². The predicted molar refractivity (Wildman–Crippen MR) is 119 cm³/mol. The normalized spacial score (nSPS) is 10.8. The van der Waals surface area contributed by atoms with Crippen LogP contribution in [0.15, 0.2) is 84.9 Å². The Bertz CT molecular complexity index is 1100. The van der Waals surface area contributed by atoms with Gasteiger partial charge in [-0.1, -0.05) is 77.8 Å². The Morgan fingerprint density at radius 2 is 1.54 bits per heavy atom. The molecule has 0 aromatic heterocycles. The van der Waals surface area contributed by atoms with Gasteiger partial charge in [0.15, 0.2) is 0 Å². The summed E-state index contributed by atoms with van der Waals surface area (Å²) < 4.78 is 6.17. The molecule has 0 aliphatic carbocycles. The van der Waals surface area contributed by atoms with Crippen molar-refractivity contribution in [2.45, 2.75) is 13.2 Å². The minimum atomic E-state index is 0.424. The highest BCUT2D eigenvalue weighted by molar-refractivity contribution is 6.42. The van der Waals surface area contributed by atoms with Crippen LogP contribution in [-0.4, -0.2) is 0 Å². The number of hydrogen-bond acceptors (Lipinski definition) is 2. The predicted octanol–water partition coefficient (Wildman–Crippen LogP) is 7.34. The first-order valence-electron chi connectivity index (χ1n) is 9.07. The Balaban J connectivity index is 1.61. The molecule has 0 atom stereocenters. The summed E-state index contributed by atoms with van der Waals surface area (Å²) in [6.45, 7) is 1.09.